The van der Waals surface area contributed by atoms with Crippen LogP contribution < -0.4 is 5.32 Å². The molecule has 2 N–H and O–H groups in total. The summed E-state index contributed by atoms with van der Waals surface area (Å²) in [5, 5.41) is 12.4. The monoisotopic (exact) mass is 296 g/mol. The van der Waals surface area contributed by atoms with E-state index in [0.29, 0.717) is 24.6 Å². The van der Waals surface area contributed by atoms with Crippen molar-refractivity contribution in [3.8, 4) is 0 Å². The van der Waals surface area contributed by atoms with Crippen molar-refractivity contribution in [3.63, 3.8) is 0 Å². The number of aliphatic hydroxyl groups excluding tert-OH is 1. The smallest absolute Gasteiger partial charge is 0.317 e. The van der Waals surface area contributed by atoms with Crippen LogP contribution in [-0.2, 0) is 0 Å². The van der Waals surface area contributed by atoms with E-state index >= 15 is 0 Å². The van der Waals surface area contributed by atoms with E-state index in [1.54, 1.807) is 0 Å². The van der Waals surface area contributed by atoms with Gasteiger partial charge >= 0.3 is 6.03 Å². The Bertz CT molecular complexity index is 327. The van der Waals surface area contributed by atoms with Crippen molar-refractivity contribution in [2.45, 2.75) is 76.8 Å². The highest BCUT2D eigenvalue weighted by atomic mass is 16.3. The number of hydrogen-bond donors (Lipinski definition) is 2. The quantitative estimate of drug-likeness (QED) is 0.837. The highest BCUT2D eigenvalue weighted by molar-refractivity contribution is 5.74. The van der Waals surface area contributed by atoms with Crippen LogP contribution in [-0.4, -0.2) is 41.8 Å². The molecule has 0 spiro atoms. The lowest BCUT2D eigenvalue weighted by Crippen LogP contribution is -2.49. The molecule has 0 aromatic heterocycles. The third-order valence-electron chi connectivity index (χ3n) is 5.63. The Hall–Kier alpha value is -0.770. The molecule has 0 saturated heterocycles. The number of nitrogens with one attached hydrogen (secondary N) is 1. The van der Waals surface area contributed by atoms with E-state index in [4.69, 9.17) is 0 Å². The van der Waals surface area contributed by atoms with Crippen LogP contribution >= 0.6 is 0 Å². The minimum Gasteiger partial charge on any atom is -0.396 e. The lowest BCUT2D eigenvalue weighted by atomic mass is 9.84. The highest BCUT2D eigenvalue weighted by Gasteiger charge is 2.28. The molecule has 4 heteroatoms. The Labute approximate surface area is 129 Å². The normalized spacial score (nSPS) is 33.5. The fraction of sp³-hybridized carbons (Fsp3) is 0.941. The van der Waals surface area contributed by atoms with Gasteiger partial charge in [0.05, 0.1) is 0 Å². The van der Waals surface area contributed by atoms with Crippen LogP contribution in [0.2, 0.25) is 0 Å². The maximum absolute atomic E-state index is 12.4. The van der Waals surface area contributed by atoms with Gasteiger partial charge in [0.2, 0.25) is 0 Å². The fourth-order valence-corrected chi connectivity index (χ4v) is 3.95. The zero-order valence-electron chi connectivity index (χ0n) is 13.7. The summed E-state index contributed by atoms with van der Waals surface area (Å²) < 4.78 is 0. The Morgan fingerprint density at radius 3 is 2.48 bits per heavy atom. The van der Waals surface area contributed by atoms with Gasteiger partial charge in [0.25, 0.3) is 0 Å². The summed E-state index contributed by atoms with van der Waals surface area (Å²) in [4.78, 5) is 14.3. The largest absolute Gasteiger partial charge is 0.396 e. The summed E-state index contributed by atoms with van der Waals surface area (Å²) >= 11 is 0. The van der Waals surface area contributed by atoms with E-state index in [2.05, 4.69) is 12.2 Å². The molecule has 0 bridgehead atoms. The maximum atomic E-state index is 12.4. The van der Waals surface area contributed by atoms with Crippen LogP contribution in [0, 0.1) is 11.8 Å². The average molecular weight is 296 g/mol. The molecule has 2 aliphatic carbocycles. The number of hydrogen-bond acceptors (Lipinski definition) is 2. The lowest BCUT2D eigenvalue weighted by molar-refractivity contribution is 0.130. The zero-order valence-corrected chi connectivity index (χ0v) is 13.7. The molecule has 0 aliphatic heterocycles. The minimum atomic E-state index is 0.101. The third-order valence-corrected chi connectivity index (χ3v) is 5.63. The van der Waals surface area contributed by atoms with Crippen LogP contribution in [0.4, 0.5) is 4.79 Å². The van der Waals surface area contributed by atoms with Gasteiger partial charge in [0, 0.05) is 25.7 Å². The van der Waals surface area contributed by atoms with Crippen LogP contribution in [0.5, 0.6) is 0 Å². The second kappa shape index (κ2) is 8.02. The second-order valence-electron chi connectivity index (χ2n) is 7.06. The first-order chi connectivity index (χ1) is 10.1. The summed E-state index contributed by atoms with van der Waals surface area (Å²) in [6.45, 7) is 2.55. The molecule has 2 aliphatic rings. The lowest BCUT2D eigenvalue weighted by Gasteiger charge is -2.36. The number of amides is 2. The summed E-state index contributed by atoms with van der Waals surface area (Å²) in [6, 6.07) is 0.815. The molecule has 2 atom stereocenters. The number of carbonyl (C=O) groups is 1. The predicted molar refractivity (Wildman–Crippen MR) is 85.2 cm³/mol. The van der Waals surface area contributed by atoms with Crippen molar-refractivity contribution in [2.24, 2.45) is 11.8 Å². The first-order valence-corrected chi connectivity index (χ1v) is 8.78. The van der Waals surface area contributed by atoms with Crippen molar-refractivity contribution >= 4 is 6.03 Å². The maximum Gasteiger partial charge on any atom is 0.317 e. The van der Waals surface area contributed by atoms with E-state index in [9.17, 15) is 9.90 Å². The Balaban J connectivity index is 1.77. The zero-order chi connectivity index (χ0) is 15.2. The Morgan fingerprint density at radius 2 is 1.86 bits per heavy atom. The van der Waals surface area contributed by atoms with Crippen LogP contribution in [0.3, 0.4) is 0 Å². The molecule has 0 aromatic carbocycles. The Morgan fingerprint density at radius 1 is 1.14 bits per heavy atom. The molecule has 0 heterocycles. The second-order valence-corrected chi connectivity index (χ2v) is 7.06. The topological polar surface area (TPSA) is 52.6 Å². The standard InChI is InChI=1S/C17H32N2O2/c1-3-13-5-4-6-15(11-13)18-17(21)19(2)16-9-7-14(12-20)8-10-16/h13-16,20H,3-12H2,1-2H3,(H,18,21). The summed E-state index contributed by atoms with van der Waals surface area (Å²) in [5.74, 6) is 1.23. The van der Waals surface area contributed by atoms with E-state index in [0.717, 1.165) is 44.4 Å². The predicted octanol–water partition coefficient (Wildman–Crippen LogP) is 3.15. The van der Waals surface area contributed by atoms with E-state index in [-0.39, 0.29) is 6.03 Å². The molecule has 2 saturated carbocycles. The molecule has 21 heavy (non-hydrogen) atoms. The molecular weight excluding hydrogens is 264 g/mol. The first kappa shape index (κ1) is 16.6. The van der Waals surface area contributed by atoms with Gasteiger partial charge in [0.15, 0.2) is 0 Å². The number of aliphatic hydroxyl groups is 1. The number of carbonyl (C=O) groups excluding carboxylic acids is 1. The van der Waals surface area contributed by atoms with Crippen LogP contribution in [0.25, 0.3) is 0 Å². The van der Waals surface area contributed by atoms with Gasteiger partial charge in [-0.25, -0.2) is 4.79 Å². The molecule has 0 radical (unpaired) electrons. The number of rotatable bonds is 4. The molecule has 2 rings (SSSR count). The molecular formula is C17H32N2O2. The number of nitrogens with zero attached hydrogens (tertiary/aromatic N) is 1. The molecule has 122 valence electrons. The van der Waals surface area contributed by atoms with Gasteiger partial charge in [0.1, 0.15) is 0 Å². The van der Waals surface area contributed by atoms with Gasteiger partial charge in [-0.3, -0.25) is 0 Å². The molecule has 2 unspecified atom stereocenters. The molecule has 0 aromatic rings. The van der Waals surface area contributed by atoms with E-state index in [1.165, 1.54) is 19.3 Å². The SMILES string of the molecule is CCC1CCCC(NC(=O)N(C)C2CCC(CO)CC2)C1. The molecule has 2 fully saturated rings. The average Bonchev–Trinajstić information content (AvgIpc) is 2.54. The summed E-state index contributed by atoms with van der Waals surface area (Å²) in [5.41, 5.74) is 0. The van der Waals surface area contributed by atoms with Gasteiger partial charge in [-0.1, -0.05) is 26.2 Å². The molecule has 2 amide bonds. The van der Waals surface area contributed by atoms with Gasteiger partial charge in [-0.05, 0) is 50.4 Å². The third kappa shape index (κ3) is 4.60. The van der Waals surface area contributed by atoms with Gasteiger partial charge in [-0.15, -0.1) is 0 Å². The minimum absolute atomic E-state index is 0.101. The number of urea groups is 1. The fourth-order valence-electron chi connectivity index (χ4n) is 3.95. The van der Waals surface area contributed by atoms with Gasteiger partial charge < -0.3 is 15.3 Å². The summed E-state index contributed by atoms with van der Waals surface area (Å²) in [7, 11) is 1.93. The molecule has 4 nitrogen and oxygen atoms in total. The van der Waals surface area contributed by atoms with Crippen molar-refractivity contribution < 1.29 is 9.90 Å². The Kier molecular flexibility index (Phi) is 6.34. The van der Waals surface area contributed by atoms with Crippen molar-refractivity contribution in [2.75, 3.05) is 13.7 Å². The summed E-state index contributed by atoms with van der Waals surface area (Å²) in [6.07, 6.45) is 10.2. The van der Waals surface area contributed by atoms with E-state index < -0.39 is 0 Å². The van der Waals surface area contributed by atoms with Crippen LogP contribution in [0.1, 0.15) is 64.7 Å². The van der Waals surface area contributed by atoms with Crippen molar-refractivity contribution in [1.82, 2.24) is 10.2 Å². The van der Waals surface area contributed by atoms with Crippen LogP contribution in [0.15, 0.2) is 0 Å². The van der Waals surface area contributed by atoms with Gasteiger partial charge in [-0.2, -0.15) is 0 Å². The first-order valence-electron chi connectivity index (χ1n) is 8.78. The highest BCUT2D eigenvalue weighted by Crippen LogP contribution is 2.28. The van der Waals surface area contributed by atoms with Crippen molar-refractivity contribution in [3.05, 3.63) is 0 Å². The van der Waals surface area contributed by atoms with E-state index in [1.807, 2.05) is 11.9 Å². The van der Waals surface area contributed by atoms with Crippen molar-refractivity contribution in [1.29, 1.82) is 0 Å².